The molecule has 0 aromatic carbocycles. The standard InChI is InChI=1S/C7H11NO2S.C5H10N4/c1-7(2,3)4-5(9)8-6(10)11-4;1-5(2,3)4-6-8-9-7-4/h4H,1-3H3,(H,8,9,10);1-3H3,(H,6,7,8,9). The summed E-state index contributed by atoms with van der Waals surface area (Å²) in [6, 6.07) is 0. The van der Waals surface area contributed by atoms with E-state index in [4.69, 9.17) is 0 Å². The van der Waals surface area contributed by atoms with Crippen molar-refractivity contribution in [1.82, 2.24) is 25.9 Å². The van der Waals surface area contributed by atoms with Crippen LogP contribution in [0.5, 0.6) is 0 Å². The summed E-state index contributed by atoms with van der Waals surface area (Å²) in [4.78, 5) is 21.8. The van der Waals surface area contributed by atoms with Gasteiger partial charge in [0.15, 0.2) is 5.82 Å². The molecule has 0 radical (unpaired) electrons. The summed E-state index contributed by atoms with van der Waals surface area (Å²) in [5, 5.41) is 15.3. The van der Waals surface area contributed by atoms with Crippen molar-refractivity contribution in [1.29, 1.82) is 0 Å². The normalized spacial score (nSPS) is 19.4. The Hall–Kier alpha value is -1.44. The SMILES string of the molecule is CC(C)(C)C1SC(=O)NC1=O.CC(C)(C)c1nn[nH]n1. The minimum atomic E-state index is -0.227. The monoisotopic (exact) mass is 299 g/mol. The number of H-pyrrole nitrogens is 1. The number of tetrazole rings is 1. The van der Waals surface area contributed by atoms with E-state index in [9.17, 15) is 9.59 Å². The van der Waals surface area contributed by atoms with Crippen LogP contribution in [0.15, 0.2) is 0 Å². The number of rotatable bonds is 0. The third-order valence-electron chi connectivity index (χ3n) is 2.49. The lowest BCUT2D eigenvalue weighted by atomic mass is 9.91. The van der Waals surface area contributed by atoms with Gasteiger partial charge >= 0.3 is 0 Å². The van der Waals surface area contributed by atoms with Crippen LogP contribution in [-0.2, 0) is 10.2 Å². The highest BCUT2D eigenvalue weighted by molar-refractivity contribution is 8.15. The van der Waals surface area contributed by atoms with Crippen molar-refractivity contribution in [2.24, 2.45) is 5.41 Å². The molecule has 20 heavy (non-hydrogen) atoms. The fourth-order valence-corrected chi connectivity index (χ4v) is 2.30. The van der Waals surface area contributed by atoms with Gasteiger partial charge in [0, 0.05) is 5.41 Å². The van der Waals surface area contributed by atoms with E-state index in [-0.39, 0.29) is 27.2 Å². The van der Waals surface area contributed by atoms with Crippen molar-refractivity contribution in [2.75, 3.05) is 0 Å². The van der Waals surface area contributed by atoms with Crippen LogP contribution in [0, 0.1) is 5.41 Å². The second-order valence-electron chi connectivity index (χ2n) is 6.63. The van der Waals surface area contributed by atoms with Crippen LogP contribution >= 0.6 is 11.8 Å². The van der Waals surface area contributed by atoms with Crippen molar-refractivity contribution < 1.29 is 9.59 Å². The van der Waals surface area contributed by atoms with Crippen molar-refractivity contribution in [2.45, 2.75) is 52.2 Å². The zero-order valence-corrected chi connectivity index (χ0v) is 13.5. The van der Waals surface area contributed by atoms with E-state index in [0.29, 0.717) is 0 Å². The summed E-state index contributed by atoms with van der Waals surface area (Å²) < 4.78 is 0. The summed E-state index contributed by atoms with van der Waals surface area (Å²) in [5.41, 5.74) is -0.131. The van der Waals surface area contributed by atoms with Crippen LogP contribution in [0.1, 0.15) is 47.4 Å². The van der Waals surface area contributed by atoms with E-state index >= 15 is 0 Å². The third-order valence-corrected chi connectivity index (χ3v) is 3.96. The topological polar surface area (TPSA) is 101 Å². The van der Waals surface area contributed by atoms with Gasteiger partial charge in [0.2, 0.25) is 5.91 Å². The van der Waals surface area contributed by atoms with Crippen LogP contribution in [0.2, 0.25) is 0 Å². The molecule has 2 heterocycles. The molecule has 2 rings (SSSR count). The molecule has 112 valence electrons. The molecule has 1 aromatic heterocycles. The average Bonchev–Trinajstić information content (AvgIpc) is 2.85. The zero-order valence-electron chi connectivity index (χ0n) is 12.6. The Labute approximate surface area is 122 Å². The molecule has 7 nitrogen and oxygen atoms in total. The average molecular weight is 299 g/mol. The van der Waals surface area contributed by atoms with Gasteiger partial charge in [-0.1, -0.05) is 58.5 Å². The Kier molecular flexibility index (Phi) is 4.90. The van der Waals surface area contributed by atoms with Gasteiger partial charge in [0.05, 0.1) is 5.25 Å². The van der Waals surface area contributed by atoms with Crippen LogP contribution in [0.25, 0.3) is 0 Å². The Morgan fingerprint density at radius 2 is 1.70 bits per heavy atom. The summed E-state index contributed by atoms with van der Waals surface area (Å²) in [6.07, 6.45) is 0. The summed E-state index contributed by atoms with van der Waals surface area (Å²) >= 11 is 1.08. The largest absolute Gasteiger partial charge is 0.286 e. The minimum absolute atomic E-state index is 0.00694. The minimum Gasteiger partial charge on any atom is -0.286 e. The third kappa shape index (κ3) is 4.59. The number of hydrogen-bond donors (Lipinski definition) is 2. The molecule has 0 aliphatic carbocycles. The Balaban J connectivity index is 0.000000204. The predicted molar refractivity (Wildman–Crippen MR) is 77.3 cm³/mol. The number of imide groups is 1. The maximum absolute atomic E-state index is 11.1. The molecule has 0 saturated carbocycles. The Morgan fingerprint density at radius 3 is 1.90 bits per heavy atom. The molecule has 2 N–H and O–H groups in total. The molecule has 1 aliphatic rings. The lowest BCUT2D eigenvalue weighted by Gasteiger charge is -2.21. The second-order valence-corrected chi connectivity index (χ2v) is 7.70. The first-order valence-electron chi connectivity index (χ1n) is 6.27. The fraction of sp³-hybridized carbons (Fsp3) is 0.750. The van der Waals surface area contributed by atoms with Gasteiger partial charge in [-0.3, -0.25) is 14.9 Å². The number of nitrogens with one attached hydrogen (secondary N) is 2. The molecule has 1 fully saturated rings. The molecule has 1 aliphatic heterocycles. The summed E-state index contributed by atoms with van der Waals surface area (Å²) in [7, 11) is 0. The molecule has 2 amide bonds. The molecule has 0 spiro atoms. The molecule has 1 aromatic rings. The van der Waals surface area contributed by atoms with Crippen molar-refractivity contribution in [3.05, 3.63) is 5.82 Å². The first kappa shape index (κ1) is 16.6. The molecule has 8 heteroatoms. The van der Waals surface area contributed by atoms with Gasteiger partial charge in [-0.15, -0.1) is 10.2 Å². The highest BCUT2D eigenvalue weighted by atomic mass is 32.2. The molecule has 0 bridgehead atoms. The van der Waals surface area contributed by atoms with Gasteiger partial charge < -0.3 is 0 Å². The first-order valence-corrected chi connectivity index (χ1v) is 7.15. The maximum Gasteiger partial charge on any atom is 0.286 e. The van der Waals surface area contributed by atoms with Crippen LogP contribution < -0.4 is 5.32 Å². The van der Waals surface area contributed by atoms with E-state index in [1.54, 1.807) is 0 Å². The predicted octanol–water partition coefficient (Wildman–Crippen LogP) is 1.88. The van der Waals surface area contributed by atoms with Crippen molar-refractivity contribution >= 4 is 22.9 Å². The smallest absolute Gasteiger partial charge is 0.286 e. The quantitative estimate of drug-likeness (QED) is 0.758. The van der Waals surface area contributed by atoms with E-state index < -0.39 is 0 Å². The van der Waals surface area contributed by atoms with Gasteiger partial charge in [0.1, 0.15) is 0 Å². The number of carbonyl (C=O) groups excluding carboxylic acids is 2. The van der Waals surface area contributed by atoms with Gasteiger partial charge in [-0.25, -0.2) is 0 Å². The fourth-order valence-electron chi connectivity index (χ4n) is 1.41. The van der Waals surface area contributed by atoms with Crippen LogP contribution in [-0.4, -0.2) is 37.0 Å². The van der Waals surface area contributed by atoms with Gasteiger partial charge in [0.25, 0.3) is 5.24 Å². The first-order chi connectivity index (χ1) is 9.01. The van der Waals surface area contributed by atoms with Crippen molar-refractivity contribution in [3.8, 4) is 0 Å². The molecule has 1 saturated heterocycles. The van der Waals surface area contributed by atoms with Crippen LogP contribution in [0.4, 0.5) is 4.79 Å². The van der Waals surface area contributed by atoms with Gasteiger partial charge in [-0.2, -0.15) is 5.21 Å². The lowest BCUT2D eigenvalue weighted by molar-refractivity contribution is -0.120. The Bertz CT molecular complexity index is 473. The summed E-state index contributed by atoms with van der Waals surface area (Å²) in [6.45, 7) is 12.0. The van der Waals surface area contributed by atoms with E-state index in [1.807, 2.05) is 41.5 Å². The maximum atomic E-state index is 11.1. The highest BCUT2D eigenvalue weighted by Crippen LogP contribution is 2.34. The second kappa shape index (κ2) is 5.90. The number of hydrogen-bond acceptors (Lipinski definition) is 6. The number of carbonyl (C=O) groups is 2. The number of aromatic amines is 1. The Morgan fingerprint density at radius 1 is 1.10 bits per heavy atom. The van der Waals surface area contributed by atoms with E-state index in [1.165, 1.54) is 0 Å². The highest BCUT2D eigenvalue weighted by Gasteiger charge is 2.39. The number of nitrogens with zero attached hydrogens (tertiary/aromatic N) is 3. The van der Waals surface area contributed by atoms with E-state index in [0.717, 1.165) is 17.6 Å². The summed E-state index contributed by atoms with van der Waals surface area (Å²) in [5.74, 6) is 0.593. The number of aromatic nitrogens is 4. The van der Waals surface area contributed by atoms with Crippen molar-refractivity contribution in [3.63, 3.8) is 0 Å². The van der Waals surface area contributed by atoms with E-state index in [2.05, 4.69) is 25.9 Å². The molecular formula is C12H21N5O2S. The van der Waals surface area contributed by atoms with Gasteiger partial charge in [-0.05, 0) is 5.41 Å². The zero-order chi connectivity index (χ0) is 15.6. The number of thioether (sulfide) groups is 1. The molecular weight excluding hydrogens is 278 g/mol. The lowest BCUT2D eigenvalue weighted by Crippen LogP contribution is -2.33. The molecule has 1 unspecified atom stereocenters. The molecule has 1 atom stereocenters. The van der Waals surface area contributed by atoms with Crippen LogP contribution in [0.3, 0.4) is 0 Å². The number of amides is 2.